The molecule has 0 aliphatic carbocycles. The van der Waals surface area contributed by atoms with Crippen LogP contribution in [0.3, 0.4) is 0 Å². The molecule has 0 amide bonds. The van der Waals surface area contributed by atoms with Crippen molar-refractivity contribution >= 4 is 5.82 Å². The molecule has 0 unspecified atom stereocenters. The number of hydrogen-bond acceptors (Lipinski definition) is 4. The third-order valence-electron chi connectivity index (χ3n) is 1.78. The number of anilines is 1. The molecule has 4 heteroatoms. The Labute approximate surface area is 77.8 Å². The third-order valence-corrected chi connectivity index (χ3v) is 1.78. The molecular formula is C9H14N2O2. The Morgan fingerprint density at radius 3 is 3.00 bits per heavy atom. The Hall–Kier alpha value is -1.29. The molecule has 1 aromatic heterocycles. The fourth-order valence-corrected chi connectivity index (χ4v) is 1.000. The Balaban J connectivity index is 2.75. The van der Waals surface area contributed by atoms with Crippen molar-refractivity contribution in [3.05, 3.63) is 18.3 Å². The molecular weight excluding hydrogens is 168 g/mol. The van der Waals surface area contributed by atoms with Crippen LogP contribution in [0.4, 0.5) is 5.82 Å². The minimum atomic E-state index is 0.120. The van der Waals surface area contributed by atoms with Gasteiger partial charge in [0.15, 0.2) is 0 Å². The molecule has 72 valence electrons. The summed E-state index contributed by atoms with van der Waals surface area (Å²) in [6, 6.07) is 3.62. The lowest BCUT2D eigenvalue weighted by Crippen LogP contribution is -2.22. The molecule has 0 aliphatic heterocycles. The predicted molar refractivity (Wildman–Crippen MR) is 51.1 cm³/mol. The number of nitrogens with zero attached hydrogens (tertiary/aromatic N) is 2. The number of pyridine rings is 1. The van der Waals surface area contributed by atoms with Crippen LogP contribution < -0.4 is 9.64 Å². The average molecular weight is 182 g/mol. The van der Waals surface area contributed by atoms with Crippen LogP contribution in [0.5, 0.6) is 5.75 Å². The summed E-state index contributed by atoms with van der Waals surface area (Å²) >= 11 is 0. The maximum absolute atomic E-state index is 8.72. The number of aliphatic hydroxyl groups excluding tert-OH is 1. The first-order valence-electron chi connectivity index (χ1n) is 4.10. The Kier molecular flexibility index (Phi) is 3.52. The Bertz CT molecular complexity index is 266. The summed E-state index contributed by atoms with van der Waals surface area (Å²) < 4.78 is 5.05. The van der Waals surface area contributed by atoms with Gasteiger partial charge in [0.2, 0.25) is 0 Å². The summed E-state index contributed by atoms with van der Waals surface area (Å²) in [6.45, 7) is 0.690. The lowest BCUT2D eigenvalue weighted by molar-refractivity contribution is 0.303. The SMILES string of the molecule is COc1ccnc(N(C)CCO)c1. The van der Waals surface area contributed by atoms with Crippen molar-refractivity contribution in [2.75, 3.05) is 32.2 Å². The van der Waals surface area contributed by atoms with Crippen LogP contribution in [0.25, 0.3) is 0 Å². The lowest BCUT2D eigenvalue weighted by atomic mass is 10.4. The van der Waals surface area contributed by atoms with Gasteiger partial charge >= 0.3 is 0 Å². The highest BCUT2D eigenvalue weighted by Crippen LogP contribution is 2.15. The van der Waals surface area contributed by atoms with Gasteiger partial charge in [0.05, 0.1) is 13.7 Å². The van der Waals surface area contributed by atoms with E-state index in [0.717, 1.165) is 11.6 Å². The maximum Gasteiger partial charge on any atom is 0.132 e. The van der Waals surface area contributed by atoms with E-state index in [2.05, 4.69) is 4.98 Å². The number of methoxy groups -OCH3 is 1. The molecule has 0 fully saturated rings. The van der Waals surface area contributed by atoms with Crippen LogP contribution in [-0.4, -0.2) is 37.4 Å². The molecule has 0 aromatic carbocycles. The van der Waals surface area contributed by atoms with Crippen LogP contribution >= 0.6 is 0 Å². The zero-order valence-electron chi connectivity index (χ0n) is 7.90. The first-order valence-corrected chi connectivity index (χ1v) is 4.10. The van der Waals surface area contributed by atoms with Crippen molar-refractivity contribution in [1.29, 1.82) is 0 Å². The van der Waals surface area contributed by atoms with Gasteiger partial charge in [-0.2, -0.15) is 0 Å². The number of aromatic nitrogens is 1. The summed E-state index contributed by atoms with van der Waals surface area (Å²) in [5.41, 5.74) is 0. The molecule has 0 saturated carbocycles. The largest absolute Gasteiger partial charge is 0.497 e. The molecule has 13 heavy (non-hydrogen) atoms. The molecule has 0 radical (unpaired) electrons. The van der Waals surface area contributed by atoms with Gasteiger partial charge in [-0.15, -0.1) is 0 Å². The molecule has 4 nitrogen and oxygen atoms in total. The van der Waals surface area contributed by atoms with Crippen molar-refractivity contribution in [1.82, 2.24) is 4.98 Å². The van der Waals surface area contributed by atoms with Crippen LogP contribution in [0.2, 0.25) is 0 Å². The molecule has 1 rings (SSSR count). The molecule has 0 saturated heterocycles. The maximum atomic E-state index is 8.72. The monoisotopic (exact) mass is 182 g/mol. The van der Waals surface area contributed by atoms with Crippen molar-refractivity contribution in [3.63, 3.8) is 0 Å². The Morgan fingerprint density at radius 2 is 2.38 bits per heavy atom. The van der Waals surface area contributed by atoms with E-state index in [4.69, 9.17) is 9.84 Å². The molecule has 0 aliphatic rings. The molecule has 0 atom stereocenters. The van der Waals surface area contributed by atoms with E-state index in [0.29, 0.717) is 6.54 Å². The average Bonchev–Trinajstić information content (AvgIpc) is 2.18. The van der Waals surface area contributed by atoms with Crippen molar-refractivity contribution in [3.8, 4) is 5.75 Å². The number of likely N-dealkylation sites (N-methyl/N-ethyl adjacent to an activating group) is 1. The number of aliphatic hydroxyl groups is 1. The zero-order valence-corrected chi connectivity index (χ0v) is 7.90. The zero-order chi connectivity index (χ0) is 9.68. The summed E-state index contributed by atoms with van der Waals surface area (Å²) in [5, 5.41) is 8.72. The van der Waals surface area contributed by atoms with Gasteiger partial charge in [0.1, 0.15) is 11.6 Å². The van der Waals surface area contributed by atoms with Gasteiger partial charge in [0, 0.05) is 25.9 Å². The number of ether oxygens (including phenoxy) is 1. The number of rotatable bonds is 4. The fourth-order valence-electron chi connectivity index (χ4n) is 1.000. The quantitative estimate of drug-likeness (QED) is 0.737. The summed E-state index contributed by atoms with van der Waals surface area (Å²) in [7, 11) is 3.49. The normalized spacial score (nSPS) is 9.77. The minimum Gasteiger partial charge on any atom is -0.497 e. The summed E-state index contributed by atoms with van der Waals surface area (Å²) in [5.74, 6) is 1.57. The van der Waals surface area contributed by atoms with Gasteiger partial charge in [-0.05, 0) is 6.07 Å². The highest BCUT2D eigenvalue weighted by atomic mass is 16.5. The van der Waals surface area contributed by atoms with E-state index < -0.39 is 0 Å². The molecule has 0 spiro atoms. The topological polar surface area (TPSA) is 45.6 Å². The Morgan fingerprint density at radius 1 is 1.62 bits per heavy atom. The summed E-state index contributed by atoms with van der Waals surface area (Å²) in [6.07, 6.45) is 1.68. The molecule has 1 heterocycles. The van der Waals surface area contributed by atoms with E-state index in [1.165, 1.54) is 0 Å². The van der Waals surface area contributed by atoms with E-state index in [1.807, 2.05) is 18.0 Å². The second kappa shape index (κ2) is 4.67. The van der Waals surface area contributed by atoms with E-state index in [-0.39, 0.29) is 6.61 Å². The van der Waals surface area contributed by atoms with E-state index in [9.17, 15) is 0 Å². The van der Waals surface area contributed by atoms with Gasteiger partial charge < -0.3 is 14.7 Å². The third kappa shape index (κ3) is 2.59. The van der Waals surface area contributed by atoms with Crippen molar-refractivity contribution < 1.29 is 9.84 Å². The first-order chi connectivity index (χ1) is 6.27. The van der Waals surface area contributed by atoms with Gasteiger partial charge in [0.25, 0.3) is 0 Å². The summed E-state index contributed by atoms with van der Waals surface area (Å²) in [4.78, 5) is 6.00. The van der Waals surface area contributed by atoms with Gasteiger partial charge in [-0.25, -0.2) is 4.98 Å². The van der Waals surface area contributed by atoms with Crippen LogP contribution in [0.15, 0.2) is 18.3 Å². The molecule has 1 aromatic rings. The molecule has 0 bridgehead atoms. The predicted octanol–water partition coefficient (Wildman–Crippen LogP) is 0.519. The second-order valence-electron chi connectivity index (χ2n) is 2.70. The van der Waals surface area contributed by atoms with E-state index >= 15 is 0 Å². The standard InChI is InChI=1S/C9H14N2O2/c1-11(5-6-12)9-7-8(13-2)3-4-10-9/h3-4,7,12H,5-6H2,1-2H3. The van der Waals surface area contributed by atoms with Gasteiger partial charge in [-0.1, -0.05) is 0 Å². The van der Waals surface area contributed by atoms with E-state index in [1.54, 1.807) is 19.4 Å². The van der Waals surface area contributed by atoms with Crippen LogP contribution in [0.1, 0.15) is 0 Å². The second-order valence-corrected chi connectivity index (χ2v) is 2.70. The van der Waals surface area contributed by atoms with Gasteiger partial charge in [-0.3, -0.25) is 0 Å². The first kappa shape index (κ1) is 9.80. The minimum absolute atomic E-state index is 0.120. The van der Waals surface area contributed by atoms with Crippen molar-refractivity contribution in [2.45, 2.75) is 0 Å². The lowest BCUT2D eigenvalue weighted by Gasteiger charge is -2.16. The molecule has 1 N–H and O–H groups in total. The van der Waals surface area contributed by atoms with Crippen molar-refractivity contribution in [2.24, 2.45) is 0 Å². The van der Waals surface area contributed by atoms with Crippen LogP contribution in [0, 0.1) is 0 Å². The smallest absolute Gasteiger partial charge is 0.132 e. The number of hydrogen-bond donors (Lipinski definition) is 1. The highest BCUT2D eigenvalue weighted by Gasteiger charge is 2.01. The van der Waals surface area contributed by atoms with Crippen LogP contribution in [-0.2, 0) is 0 Å². The highest BCUT2D eigenvalue weighted by molar-refractivity contribution is 5.42. The fraction of sp³-hybridized carbons (Fsp3) is 0.444.